The average molecular weight is 1190 g/mol. The maximum Gasteiger partial charge on any atom is 0.293 e. The lowest BCUT2D eigenvalue weighted by Gasteiger charge is -2.39. The van der Waals surface area contributed by atoms with E-state index in [9.17, 15) is 42.5 Å². The second kappa shape index (κ2) is 24.2. The topological polar surface area (TPSA) is 277 Å². The average Bonchev–Trinajstić information content (AvgIpc) is 3.21. The van der Waals surface area contributed by atoms with Gasteiger partial charge in [-0.2, -0.15) is 0 Å². The van der Waals surface area contributed by atoms with Crippen molar-refractivity contribution in [2.75, 3.05) is 42.9 Å². The quantitative estimate of drug-likeness (QED) is 0.0206. The number of amides is 5. The summed E-state index contributed by atoms with van der Waals surface area (Å²) in [6, 6.07) is 23.6. The van der Waals surface area contributed by atoms with E-state index in [0.717, 1.165) is 67.0 Å². The van der Waals surface area contributed by atoms with Crippen molar-refractivity contribution in [2.24, 2.45) is 5.41 Å². The van der Waals surface area contributed by atoms with Crippen molar-refractivity contribution in [3.63, 3.8) is 0 Å². The molecule has 4 aromatic carbocycles. The molecule has 0 bridgehead atoms. The number of nitro groups is 1. The molecule has 24 heteroatoms. The SMILES string of the molecule is CC1(C)CCC(CN2CCN(c3ccc(C(=O)NS(=O)(=O)c4ccc(NCc5cn(CCCCC#Cc6cccc7c6C(=O)N(C6CCC(=O)NC6=O)C7=O)nn5)c([N+](=O)[O-])c4)c(Oc4cnc5[nH]ccc5c4)c3)CC2)=C(c2ccc(Cl)cc2)C1. The third-order valence-corrected chi connectivity index (χ3v) is 17.3. The molecule has 1 aliphatic carbocycles. The Morgan fingerprint density at radius 3 is 2.55 bits per heavy atom. The summed E-state index contributed by atoms with van der Waals surface area (Å²) in [6.07, 6.45) is 9.81. The number of allylic oxidation sites excluding steroid dienone is 1. The molecule has 85 heavy (non-hydrogen) atoms. The summed E-state index contributed by atoms with van der Waals surface area (Å²) in [7, 11) is -4.69. The highest BCUT2D eigenvalue weighted by Crippen LogP contribution is 2.44. The van der Waals surface area contributed by atoms with Crippen molar-refractivity contribution in [2.45, 2.75) is 89.2 Å². The number of carbonyl (C=O) groups is 5. The molecule has 5 amide bonds. The normalized spacial score (nSPS) is 17.1. The van der Waals surface area contributed by atoms with E-state index >= 15 is 0 Å². The number of nitrogens with zero attached hydrogens (tertiary/aromatic N) is 8. The largest absolute Gasteiger partial charge is 0.455 e. The number of nitrogens with one attached hydrogen (secondary N) is 4. The first-order chi connectivity index (χ1) is 40.9. The molecule has 6 heterocycles. The van der Waals surface area contributed by atoms with Gasteiger partial charge in [-0.3, -0.25) is 53.9 Å². The molecule has 3 aliphatic heterocycles. The maximum atomic E-state index is 14.1. The number of aromatic amines is 1. The van der Waals surface area contributed by atoms with Crippen LogP contribution in [0, 0.1) is 27.4 Å². The van der Waals surface area contributed by atoms with E-state index in [0.29, 0.717) is 66.6 Å². The molecular weight excluding hydrogens is 1130 g/mol. The van der Waals surface area contributed by atoms with E-state index in [1.54, 1.807) is 47.4 Å². The van der Waals surface area contributed by atoms with Gasteiger partial charge < -0.3 is 19.9 Å². The zero-order valence-electron chi connectivity index (χ0n) is 46.5. The number of imide groups is 2. The van der Waals surface area contributed by atoms with Gasteiger partial charge in [0, 0.05) is 92.1 Å². The highest BCUT2D eigenvalue weighted by atomic mass is 35.5. The molecule has 0 radical (unpaired) electrons. The van der Waals surface area contributed by atoms with Gasteiger partial charge in [0.1, 0.15) is 34.6 Å². The molecule has 11 rings (SSSR count). The smallest absolute Gasteiger partial charge is 0.293 e. The fourth-order valence-electron chi connectivity index (χ4n) is 11.2. The summed E-state index contributed by atoms with van der Waals surface area (Å²) >= 11 is 6.26. The third-order valence-electron chi connectivity index (χ3n) is 15.7. The Morgan fingerprint density at radius 2 is 1.76 bits per heavy atom. The van der Waals surface area contributed by atoms with Crippen molar-refractivity contribution in [3.05, 3.63) is 164 Å². The molecule has 4 aliphatic rings. The fraction of sp³-hybridized carbons (Fsp3) is 0.311. The van der Waals surface area contributed by atoms with Crippen molar-refractivity contribution in [1.29, 1.82) is 0 Å². The van der Waals surface area contributed by atoms with Crippen LogP contribution in [0.1, 0.15) is 113 Å². The number of carbonyl (C=O) groups excluding carboxylic acids is 5. The number of fused-ring (bicyclic) bond motifs is 2. The number of piperazine rings is 1. The van der Waals surface area contributed by atoms with Crippen LogP contribution in [0.25, 0.3) is 16.6 Å². The third kappa shape index (κ3) is 12.8. The summed E-state index contributed by atoms with van der Waals surface area (Å²) < 4.78 is 37.9. The van der Waals surface area contributed by atoms with Gasteiger partial charge in [0.05, 0.1) is 45.4 Å². The maximum absolute atomic E-state index is 14.1. The molecule has 436 valence electrons. The first-order valence-electron chi connectivity index (χ1n) is 27.9. The van der Waals surface area contributed by atoms with Crippen molar-refractivity contribution >= 4 is 84.8 Å². The minimum Gasteiger partial charge on any atom is -0.455 e. The second-order valence-electron chi connectivity index (χ2n) is 22.2. The summed E-state index contributed by atoms with van der Waals surface area (Å²) in [5.74, 6) is 3.03. The number of hydrogen-bond acceptors (Lipinski definition) is 16. The molecule has 0 saturated carbocycles. The lowest BCUT2D eigenvalue weighted by molar-refractivity contribution is -0.384. The Balaban J connectivity index is 0.709. The van der Waals surface area contributed by atoms with Crippen molar-refractivity contribution in [1.82, 2.24) is 44.8 Å². The number of benzene rings is 4. The zero-order valence-corrected chi connectivity index (χ0v) is 48.1. The number of halogens is 1. The predicted molar refractivity (Wildman–Crippen MR) is 316 cm³/mol. The van der Waals surface area contributed by atoms with E-state index in [4.69, 9.17) is 16.3 Å². The highest BCUT2D eigenvalue weighted by Gasteiger charge is 2.45. The Kier molecular flexibility index (Phi) is 16.4. The van der Waals surface area contributed by atoms with Gasteiger partial charge in [-0.25, -0.2) is 18.1 Å². The van der Waals surface area contributed by atoms with Crippen LogP contribution < -0.4 is 25.0 Å². The number of anilines is 2. The van der Waals surface area contributed by atoms with Crippen LogP contribution in [0.2, 0.25) is 5.02 Å². The van der Waals surface area contributed by atoms with Crippen LogP contribution in [0.5, 0.6) is 11.5 Å². The number of unbranched alkanes of at least 4 members (excludes halogenated alkanes) is 2. The van der Waals surface area contributed by atoms with Crippen LogP contribution in [0.15, 0.2) is 120 Å². The van der Waals surface area contributed by atoms with Gasteiger partial charge in [-0.1, -0.05) is 66.3 Å². The minimum absolute atomic E-state index is 0.000111. The number of sulfonamides is 1. The molecule has 1 atom stereocenters. The first kappa shape index (κ1) is 57.6. The first-order valence-corrected chi connectivity index (χ1v) is 29.7. The second-order valence-corrected chi connectivity index (χ2v) is 24.3. The van der Waals surface area contributed by atoms with E-state index in [1.807, 2.05) is 18.2 Å². The number of aromatic nitrogens is 5. The molecule has 1 unspecified atom stereocenters. The van der Waals surface area contributed by atoms with Crippen molar-refractivity contribution in [3.8, 4) is 23.3 Å². The van der Waals surface area contributed by atoms with Crippen LogP contribution in [-0.2, 0) is 32.7 Å². The molecule has 2 fully saturated rings. The number of nitro benzene ring substituents is 1. The van der Waals surface area contributed by atoms with Gasteiger partial charge in [0.25, 0.3) is 33.4 Å². The molecule has 22 nitrogen and oxygen atoms in total. The van der Waals surface area contributed by atoms with Crippen LogP contribution in [0.3, 0.4) is 0 Å². The van der Waals surface area contributed by atoms with E-state index in [-0.39, 0.29) is 52.9 Å². The molecule has 2 saturated heterocycles. The number of piperidine rings is 1. The lowest BCUT2D eigenvalue weighted by Crippen LogP contribution is -2.54. The minimum atomic E-state index is -4.69. The summed E-state index contributed by atoms with van der Waals surface area (Å²) in [4.78, 5) is 89.1. The van der Waals surface area contributed by atoms with Crippen LogP contribution in [0.4, 0.5) is 17.1 Å². The Labute approximate surface area is 494 Å². The number of aryl methyl sites for hydroxylation is 1. The summed E-state index contributed by atoms with van der Waals surface area (Å²) in [5.41, 5.74) is 6.05. The van der Waals surface area contributed by atoms with Crippen LogP contribution in [-0.4, -0.2) is 116 Å². The molecule has 0 spiro atoms. The highest BCUT2D eigenvalue weighted by molar-refractivity contribution is 7.90. The number of ether oxygens (including phenoxy) is 1. The van der Waals surface area contributed by atoms with Gasteiger partial charge in [-0.15, -0.1) is 5.10 Å². The van der Waals surface area contributed by atoms with E-state index < -0.39 is 61.1 Å². The van der Waals surface area contributed by atoms with Gasteiger partial charge in [0.15, 0.2) is 0 Å². The molecule has 3 aromatic heterocycles. The molecular formula is C61H59ClN12O10S. The molecule has 4 N–H and O–H groups in total. The Bertz CT molecular complexity index is 4050. The number of pyridine rings is 1. The summed E-state index contributed by atoms with van der Waals surface area (Å²) in [5, 5.41) is 27.3. The number of rotatable bonds is 18. The summed E-state index contributed by atoms with van der Waals surface area (Å²) in [6.45, 7) is 8.89. The standard InChI is InChI=1S/C61H59ClN12O10S/c1-61(2)23-21-41(49(33-61)38-11-13-42(62)14-12-38)36-70-26-28-71(29-27-70)44-15-17-47(53(31-44)84-45-30-40-22-24-63-56(40)65-35-45)57(76)68-85(82,83)46-16-18-50(52(32-46)74(80)81)64-34-43-37-72(69-67-43)25-6-4-3-5-8-39-9-7-10-48-55(39)60(79)73(59(48)78)51-19-20-54(75)66-58(51)77/h7,9-18,22,24,30-32,35,37,51,64H,3-4,6,19-21,23,25-29,33-34,36H2,1-2H3,(H,63,65)(H,68,76)(H,66,75,77). The lowest BCUT2D eigenvalue weighted by atomic mass is 9.72. The zero-order chi connectivity index (χ0) is 59.6. The number of hydrogen-bond donors (Lipinski definition) is 4. The Hall–Kier alpha value is -9.24. The van der Waals surface area contributed by atoms with Gasteiger partial charge in [-0.05, 0) is 116 Å². The van der Waals surface area contributed by atoms with Gasteiger partial charge in [0.2, 0.25) is 11.8 Å². The van der Waals surface area contributed by atoms with E-state index in [1.165, 1.54) is 41.1 Å². The monoisotopic (exact) mass is 1190 g/mol. The van der Waals surface area contributed by atoms with Gasteiger partial charge >= 0.3 is 0 Å². The Morgan fingerprint density at radius 1 is 0.953 bits per heavy atom. The predicted octanol–water partition coefficient (Wildman–Crippen LogP) is 8.65. The fourth-order valence-corrected chi connectivity index (χ4v) is 12.3. The molecule has 7 aromatic rings. The van der Waals surface area contributed by atoms with Crippen molar-refractivity contribution < 1.29 is 42.1 Å². The van der Waals surface area contributed by atoms with Crippen LogP contribution >= 0.6 is 11.6 Å². The van der Waals surface area contributed by atoms with E-state index in [2.05, 4.69) is 83.3 Å². The number of H-pyrrole nitrogens is 1.